The zero-order valence-electron chi connectivity index (χ0n) is 31.4. The molecule has 12 heteroatoms. The molecule has 1 aromatic heterocycles. The monoisotopic (exact) mass is 800 g/mol. The lowest BCUT2D eigenvalue weighted by molar-refractivity contribution is -0.144. The van der Waals surface area contributed by atoms with Gasteiger partial charge in [0.25, 0.3) is 0 Å². The molecular weight excluding hydrogens is 754 g/mol. The van der Waals surface area contributed by atoms with E-state index in [0.29, 0.717) is 47.5 Å². The minimum Gasteiger partial charge on any atom is -0.394 e. The number of hydrogen-bond donors (Lipinski definition) is 4. The van der Waals surface area contributed by atoms with Crippen molar-refractivity contribution in [1.29, 1.82) is 0 Å². The number of nitrogens with one attached hydrogen (secondary N) is 2. The van der Waals surface area contributed by atoms with E-state index in [2.05, 4.69) is 34.4 Å². The first-order chi connectivity index (χ1) is 26.9. The van der Waals surface area contributed by atoms with E-state index >= 15 is 9.18 Å². The van der Waals surface area contributed by atoms with Crippen LogP contribution in [-0.2, 0) is 19.7 Å². The number of carbonyl (C=O) groups excluding carboxylic acids is 2. The average Bonchev–Trinajstić information content (AvgIpc) is 3.65. The average molecular weight is 802 g/mol. The Hall–Kier alpha value is -3.90. The second kappa shape index (κ2) is 15.1. The van der Waals surface area contributed by atoms with Crippen LogP contribution in [0.4, 0.5) is 10.1 Å². The van der Waals surface area contributed by atoms with E-state index in [-0.39, 0.29) is 60.9 Å². The van der Waals surface area contributed by atoms with Gasteiger partial charge in [0, 0.05) is 40.8 Å². The highest BCUT2D eigenvalue weighted by molar-refractivity contribution is 6.31. The fraction of sp³-hybridized carbons (Fsp3) is 0.432. The molecule has 4 aliphatic rings. The second-order valence-electron chi connectivity index (χ2n) is 16.6. The third-order valence-electron chi connectivity index (χ3n) is 13.3. The van der Waals surface area contributed by atoms with Crippen LogP contribution in [0.2, 0.25) is 10.2 Å². The predicted molar refractivity (Wildman–Crippen MR) is 213 cm³/mol. The number of aliphatic hydroxyl groups is 2. The fourth-order valence-corrected chi connectivity index (χ4v) is 10.8. The molecule has 1 saturated carbocycles. The van der Waals surface area contributed by atoms with Crippen LogP contribution in [0.25, 0.3) is 0 Å². The summed E-state index contributed by atoms with van der Waals surface area (Å²) in [7, 11) is 0. The summed E-state index contributed by atoms with van der Waals surface area (Å²) >= 11 is 13.0. The van der Waals surface area contributed by atoms with Gasteiger partial charge in [-0.15, -0.1) is 0 Å². The molecule has 4 aromatic rings. The molecule has 3 fully saturated rings. The molecule has 1 aliphatic carbocycles. The molecule has 8 atom stereocenters. The molecule has 4 N–H and O–H groups in total. The summed E-state index contributed by atoms with van der Waals surface area (Å²) in [5, 5.41) is 28.9. The molecule has 3 unspecified atom stereocenters. The topological polar surface area (TPSA) is 124 Å². The van der Waals surface area contributed by atoms with Gasteiger partial charge in [0.1, 0.15) is 5.41 Å². The number of nitrogens with zero attached hydrogens (tertiary/aromatic N) is 2. The van der Waals surface area contributed by atoms with Gasteiger partial charge in [-0.1, -0.05) is 104 Å². The number of halogens is 3. The fourth-order valence-electron chi connectivity index (χ4n) is 10.5. The van der Waals surface area contributed by atoms with Gasteiger partial charge in [-0.25, -0.2) is 9.37 Å². The Morgan fingerprint density at radius 2 is 1.75 bits per heavy atom. The van der Waals surface area contributed by atoms with Crippen molar-refractivity contribution < 1.29 is 28.9 Å². The first-order valence-corrected chi connectivity index (χ1v) is 20.2. The lowest BCUT2D eigenvalue weighted by Crippen LogP contribution is -2.66. The molecule has 0 radical (unpaired) electrons. The number of fused-ring (bicyclic) bond motifs is 3. The van der Waals surface area contributed by atoms with Crippen molar-refractivity contribution in [2.45, 2.75) is 87.1 Å². The normalized spacial score (nSPS) is 29.5. The Bertz CT molecular complexity index is 2100. The van der Waals surface area contributed by atoms with Gasteiger partial charge >= 0.3 is 0 Å². The minimum atomic E-state index is -1.47. The maximum absolute atomic E-state index is 16.6. The van der Waals surface area contributed by atoms with Gasteiger partial charge in [-0.3, -0.25) is 14.5 Å². The van der Waals surface area contributed by atoms with E-state index in [4.69, 9.17) is 27.9 Å². The molecule has 2 spiro atoms. The quantitative estimate of drug-likeness (QED) is 0.136. The Labute approximate surface area is 336 Å². The van der Waals surface area contributed by atoms with Crippen molar-refractivity contribution in [1.82, 2.24) is 15.2 Å². The Morgan fingerprint density at radius 1 is 1.04 bits per heavy atom. The molecule has 3 aromatic carbocycles. The summed E-state index contributed by atoms with van der Waals surface area (Å²) in [6.45, 7) is 4.53. The zero-order valence-corrected chi connectivity index (χ0v) is 32.9. The first kappa shape index (κ1) is 38.9. The highest BCUT2D eigenvalue weighted by Crippen LogP contribution is 2.68. The number of ether oxygens (including phenoxy) is 1. The molecule has 56 heavy (non-hydrogen) atoms. The maximum Gasteiger partial charge on any atom is 0.237 e. The largest absolute Gasteiger partial charge is 0.394 e. The van der Waals surface area contributed by atoms with Crippen LogP contribution in [-0.4, -0.2) is 69.4 Å². The van der Waals surface area contributed by atoms with Gasteiger partial charge in [-0.05, 0) is 78.0 Å². The van der Waals surface area contributed by atoms with E-state index in [0.717, 1.165) is 5.56 Å². The van der Waals surface area contributed by atoms with Gasteiger partial charge < -0.3 is 25.6 Å². The number of rotatable bonds is 8. The van der Waals surface area contributed by atoms with E-state index in [1.165, 1.54) is 6.20 Å². The number of pyridine rings is 1. The van der Waals surface area contributed by atoms with E-state index < -0.39 is 46.2 Å². The Balaban J connectivity index is 1.37. The van der Waals surface area contributed by atoms with Crippen LogP contribution >= 0.6 is 23.2 Å². The lowest BCUT2D eigenvalue weighted by Gasteiger charge is -2.58. The minimum absolute atomic E-state index is 0.0760. The van der Waals surface area contributed by atoms with E-state index in [1.54, 1.807) is 18.2 Å². The number of aliphatic hydroxyl groups excluding tert-OH is 2. The van der Waals surface area contributed by atoms with Crippen LogP contribution in [0, 0.1) is 17.2 Å². The smallest absolute Gasteiger partial charge is 0.237 e. The third kappa shape index (κ3) is 6.33. The number of carbonyl (C=O) groups is 2. The van der Waals surface area contributed by atoms with Crippen LogP contribution in [0.15, 0.2) is 91.1 Å². The molecule has 3 aliphatic heterocycles. The first-order valence-electron chi connectivity index (χ1n) is 19.4. The molecule has 2 amide bonds. The third-order valence-corrected chi connectivity index (χ3v) is 13.8. The van der Waals surface area contributed by atoms with E-state index in [9.17, 15) is 15.0 Å². The highest BCUT2D eigenvalue weighted by Gasteiger charge is 2.74. The zero-order chi connectivity index (χ0) is 39.4. The molecular formula is C44H47Cl2FN4O5. The Morgan fingerprint density at radius 3 is 2.43 bits per heavy atom. The van der Waals surface area contributed by atoms with Crippen molar-refractivity contribution in [3.8, 4) is 0 Å². The van der Waals surface area contributed by atoms with Crippen LogP contribution in [0.1, 0.15) is 86.3 Å². The highest BCUT2D eigenvalue weighted by atomic mass is 35.5. The number of hydrogen-bond acceptors (Lipinski definition) is 7. The summed E-state index contributed by atoms with van der Waals surface area (Å²) < 4.78 is 22.5. The predicted octanol–water partition coefficient (Wildman–Crippen LogP) is 7.51. The summed E-state index contributed by atoms with van der Waals surface area (Å²) in [5.41, 5.74) is -0.243. The number of anilines is 1. The number of likely N-dealkylation sites (tertiary alicyclic amines) is 1. The Kier molecular flexibility index (Phi) is 10.5. The van der Waals surface area contributed by atoms with E-state index in [1.807, 2.05) is 66.7 Å². The standard InChI is InChI=1S/C44H47Cl2FN4O5/c1-42(2)18-19-43(22-33(42)40(54)49-29-14-15-30(24-52)56-25-29)44(32-16-13-28(45)21-35(32)50-41(44)55)34(31-17-20-48-39(46)36(31)47)23-51(43)37(26-9-5-3-6-10-26)38(53)27-11-7-4-8-12-27/h3-13,16-17,20-21,29-30,33-34,37-38,52-53H,14-15,18-19,22-25H2,1-2H3,(H,49,54)(H,50,55)/t29-,30+,33?,34-,37-,38+,43?,44?/m1/s1. The molecule has 4 heterocycles. The summed E-state index contributed by atoms with van der Waals surface area (Å²) in [5.74, 6) is -2.63. The molecule has 294 valence electrons. The van der Waals surface area contributed by atoms with Crippen molar-refractivity contribution in [2.75, 3.05) is 25.1 Å². The summed E-state index contributed by atoms with van der Waals surface area (Å²) in [6.07, 6.45) is 2.61. The van der Waals surface area contributed by atoms with Gasteiger partial charge in [0.05, 0.1) is 37.5 Å². The van der Waals surface area contributed by atoms with Gasteiger partial charge in [-0.2, -0.15) is 0 Å². The number of benzene rings is 3. The van der Waals surface area contributed by atoms with Crippen LogP contribution in [0.3, 0.4) is 0 Å². The van der Waals surface area contributed by atoms with Crippen LogP contribution < -0.4 is 10.6 Å². The van der Waals surface area contributed by atoms with Crippen molar-refractivity contribution in [2.24, 2.45) is 11.3 Å². The van der Waals surface area contributed by atoms with Gasteiger partial charge in [0.2, 0.25) is 11.8 Å². The summed E-state index contributed by atoms with van der Waals surface area (Å²) in [6, 6.07) is 25.1. The van der Waals surface area contributed by atoms with Crippen molar-refractivity contribution in [3.63, 3.8) is 0 Å². The second-order valence-corrected chi connectivity index (χ2v) is 17.4. The maximum atomic E-state index is 16.6. The molecule has 8 rings (SSSR count). The van der Waals surface area contributed by atoms with Crippen LogP contribution in [0.5, 0.6) is 0 Å². The summed E-state index contributed by atoms with van der Waals surface area (Å²) in [4.78, 5) is 36.5. The number of aromatic nitrogens is 1. The SMILES string of the molecule is CC1(C)CCC2(CC1C(=O)N[C@@H]1CC[C@@H](CO)OC1)N([C@H](c1ccccc1)[C@@H](O)c1ccccc1)C[C@H](c1ccnc(Cl)c1F)C21C(=O)Nc2cc(Cl)ccc21. The number of amides is 2. The van der Waals surface area contributed by atoms with Gasteiger partial charge in [0.15, 0.2) is 11.0 Å². The molecule has 2 saturated heterocycles. The molecule has 0 bridgehead atoms. The van der Waals surface area contributed by atoms with Crippen molar-refractivity contribution in [3.05, 3.63) is 129 Å². The van der Waals surface area contributed by atoms with Crippen molar-refractivity contribution >= 4 is 40.7 Å². The molecule has 9 nitrogen and oxygen atoms in total. The lowest BCUT2D eigenvalue weighted by atomic mass is 9.50.